The van der Waals surface area contributed by atoms with E-state index in [-0.39, 0.29) is 5.91 Å². The Balaban J connectivity index is 2.55. The lowest BCUT2D eigenvalue weighted by molar-refractivity contribution is 0.0948. The number of halogens is 2. The van der Waals surface area contributed by atoms with Crippen LogP contribution in [0.3, 0.4) is 0 Å². The third kappa shape index (κ3) is 4.12. The molecule has 1 rings (SSSR count). The van der Waals surface area contributed by atoms with Crippen molar-refractivity contribution in [2.45, 2.75) is 6.42 Å². The third-order valence-corrected chi connectivity index (χ3v) is 2.81. The number of hydrogen-bond donors (Lipinski definition) is 1. The summed E-state index contributed by atoms with van der Waals surface area (Å²) in [5, 5.41) is 3.23. The van der Waals surface area contributed by atoms with Crippen LogP contribution < -0.4 is 5.32 Å². The zero-order valence-electron chi connectivity index (χ0n) is 8.93. The summed E-state index contributed by atoms with van der Waals surface area (Å²) in [6.07, 6.45) is 0.786. The van der Waals surface area contributed by atoms with Crippen molar-refractivity contribution in [3.8, 4) is 0 Å². The second-order valence-corrected chi connectivity index (χ2v) is 4.55. The van der Waals surface area contributed by atoms with E-state index in [1.807, 2.05) is 0 Å². The van der Waals surface area contributed by atoms with E-state index < -0.39 is 0 Å². The van der Waals surface area contributed by atoms with Gasteiger partial charge in [0, 0.05) is 24.7 Å². The highest BCUT2D eigenvalue weighted by Gasteiger charge is 2.09. The maximum Gasteiger partial charge on any atom is 0.252 e. The minimum atomic E-state index is -0.164. The Labute approximate surface area is 108 Å². The summed E-state index contributed by atoms with van der Waals surface area (Å²) in [6.45, 7) is 1.21. The summed E-state index contributed by atoms with van der Waals surface area (Å²) in [6, 6.07) is 5.19. The number of nitrogens with one attached hydrogen (secondary N) is 1. The van der Waals surface area contributed by atoms with E-state index in [4.69, 9.17) is 16.3 Å². The first-order valence-corrected chi connectivity index (χ1v) is 6.04. The van der Waals surface area contributed by atoms with Crippen LogP contribution in [0.25, 0.3) is 0 Å². The van der Waals surface area contributed by atoms with E-state index in [0.29, 0.717) is 23.7 Å². The van der Waals surface area contributed by atoms with Gasteiger partial charge in [0.05, 0.1) is 10.6 Å². The standard InChI is InChI=1S/C11H13BrClNO2/c1-16-6-2-5-14-11(15)9-7-8(12)3-4-10(9)13/h3-4,7H,2,5-6H2,1H3,(H,14,15). The predicted octanol–water partition coefficient (Wildman–Crippen LogP) is 2.87. The van der Waals surface area contributed by atoms with Crippen molar-refractivity contribution in [1.29, 1.82) is 0 Å². The number of carbonyl (C=O) groups is 1. The van der Waals surface area contributed by atoms with Gasteiger partial charge < -0.3 is 10.1 Å². The van der Waals surface area contributed by atoms with Crippen LogP contribution in [0.15, 0.2) is 22.7 Å². The van der Waals surface area contributed by atoms with Crippen molar-refractivity contribution in [1.82, 2.24) is 5.32 Å². The molecule has 0 atom stereocenters. The minimum absolute atomic E-state index is 0.164. The molecule has 1 aromatic rings. The quantitative estimate of drug-likeness (QED) is 0.850. The van der Waals surface area contributed by atoms with Crippen molar-refractivity contribution in [3.63, 3.8) is 0 Å². The fraction of sp³-hybridized carbons (Fsp3) is 0.364. The molecule has 0 saturated carbocycles. The van der Waals surface area contributed by atoms with Crippen LogP contribution in [-0.2, 0) is 4.74 Å². The largest absolute Gasteiger partial charge is 0.385 e. The molecule has 0 aliphatic heterocycles. The zero-order chi connectivity index (χ0) is 12.0. The summed E-state index contributed by atoms with van der Waals surface area (Å²) in [4.78, 5) is 11.7. The molecule has 5 heteroatoms. The maximum absolute atomic E-state index is 11.7. The van der Waals surface area contributed by atoms with Crippen molar-refractivity contribution in [2.24, 2.45) is 0 Å². The summed E-state index contributed by atoms with van der Waals surface area (Å²) >= 11 is 9.22. The Bertz CT molecular complexity index is 371. The van der Waals surface area contributed by atoms with Crippen molar-refractivity contribution < 1.29 is 9.53 Å². The summed E-state index contributed by atoms with van der Waals surface area (Å²) in [5.41, 5.74) is 0.480. The Morgan fingerprint density at radius 1 is 1.56 bits per heavy atom. The van der Waals surface area contributed by atoms with Crippen molar-refractivity contribution >= 4 is 33.4 Å². The summed E-state index contributed by atoms with van der Waals surface area (Å²) in [5.74, 6) is -0.164. The molecule has 88 valence electrons. The molecular weight excluding hydrogens is 293 g/mol. The van der Waals surface area contributed by atoms with Crippen LogP contribution in [0.1, 0.15) is 16.8 Å². The molecule has 0 spiro atoms. The van der Waals surface area contributed by atoms with Gasteiger partial charge in [-0.05, 0) is 24.6 Å². The zero-order valence-corrected chi connectivity index (χ0v) is 11.3. The smallest absolute Gasteiger partial charge is 0.252 e. The van der Waals surface area contributed by atoms with E-state index in [0.717, 1.165) is 10.9 Å². The Hall–Kier alpha value is -0.580. The molecule has 1 amide bonds. The van der Waals surface area contributed by atoms with Gasteiger partial charge in [-0.3, -0.25) is 4.79 Å². The number of carbonyl (C=O) groups excluding carboxylic acids is 1. The van der Waals surface area contributed by atoms with E-state index in [1.54, 1.807) is 25.3 Å². The lowest BCUT2D eigenvalue weighted by Crippen LogP contribution is -2.25. The van der Waals surface area contributed by atoms with Crippen LogP contribution in [0, 0.1) is 0 Å². The number of rotatable bonds is 5. The fourth-order valence-electron chi connectivity index (χ4n) is 1.19. The van der Waals surface area contributed by atoms with E-state index in [1.165, 1.54) is 0 Å². The first kappa shape index (κ1) is 13.5. The SMILES string of the molecule is COCCCNC(=O)c1cc(Br)ccc1Cl. The Morgan fingerprint density at radius 3 is 3.00 bits per heavy atom. The molecule has 16 heavy (non-hydrogen) atoms. The van der Waals surface area contributed by atoms with Gasteiger partial charge in [0.25, 0.3) is 5.91 Å². The topological polar surface area (TPSA) is 38.3 Å². The normalized spacial score (nSPS) is 10.2. The van der Waals surface area contributed by atoms with Gasteiger partial charge in [-0.15, -0.1) is 0 Å². The van der Waals surface area contributed by atoms with Crippen LogP contribution in [0.4, 0.5) is 0 Å². The van der Waals surface area contributed by atoms with Gasteiger partial charge in [0.2, 0.25) is 0 Å². The Kier molecular flexibility index (Phi) is 5.80. The van der Waals surface area contributed by atoms with Crippen molar-refractivity contribution in [2.75, 3.05) is 20.3 Å². The molecular formula is C11H13BrClNO2. The second-order valence-electron chi connectivity index (χ2n) is 3.23. The van der Waals surface area contributed by atoms with E-state index in [9.17, 15) is 4.79 Å². The highest BCUT2D eigenvalue weighted by atomic mass is 79.9. The first-order valence-electron chi connectivity index (χ1n) is 4.87. The van der Waals surface area contributed by atoms with Crippen LogP contribution >= 0.6 is 27.5 Å². The Morgan fingerprint density at radius 2 is 2.31 bits per heavy atom. The highest BCUT2D eigenvalue weighted by Crippen LogP contribution is 2.20. The number of ether oxygens (including phenoxy) is 1. The van der Waals surface area contributed by atoms with Crippen molar-refractivity contribution in [3.05, 3.63) is 33.3 Å². The number of benzene rings is 1. The van der Waals surface area contributed by atoms with Crippen LogP contribution in [0.2, 0.25) is 5.02 Å². The van der Waals surface area contributed by atoms with E-state index in [2.05, 4.69) is 21.2 Å². The second kappa shape index (κ2) is 6.89. The molecule has 0 aliphatic carbocycles. The maximum atomic E-state index is 11.7. The van der Waals surface area contributed by atoms with Crippen LogP contribution in [0.5, 0.6) is 0 Å². The van der Waals surface area contributed by atoms with Gasteiger partial charge in [0.15, 0.2) is 0 Å². The average molecular weight is 307 g/mol. The number of hydrogen-bond acceptors (Lipinski definition) is 2. The molecule has 0 fully saturated rings. The molecule has 1 aromatic carbocycles. The molecule has 0 heterocycles. The molecule has 0 radical (unpaired) electrons. The lowest BCUT2D eigenvalue weighted by atomic mass is 10.2. The molecule has 0 bridgehead atoms. The van der Waals surface area contributed by atoms with Gasteiger partial charge in [-0.25, -0.2) is 0 Å². The van der Waals surface area contributed by atoms with Gasteiger partial charge in [0.1, 0.15) is 0 Å². The molecule has 0 aromatic heterocycles. The molecule has 0 aliphatic rings. The molecule has 1 N–H and O–H groups in total. The number of methoxy groups -OCH3 is 1. The average Bonchev–Trinajstić information content (AvgIpc) is 2.27. The summed E-state index contributed by atoms with van der Waals surface area (Å²) < 4.78 is 5.72. The number of amides is 1. The van der Waals surface area contributed by atoms with Gasteiger partial charge in [-0.1, -0.05) is 27.5 Å². The van der Waals surface area contributed by atoms with E-state index >= 15 is 0 Å². The molecule has 0 unspecified atom stereocenters. The van der Waals surface area contributed by atoms with Gasteiger partial charge in [-0.2, -0.15) is 0 Å². The monoisotopic (exact) mass is 305 g/mol. The fourth-order valence-corrected chi connectivity index (χ4v) is 1.75. The predicted molar refractivity (Wildman–Crippen MR) is 68.0 cm³/mol. The summed E-state index contributed by atoms with van der Waals surface area (Å²) in [7, 11) is 1.63. The first-order chi connectivity index (χ1) is 7.65. The lowest BCUT2D eigenvalue weighted by Gasteiger charge is -2.06. The molecule has 0 saturated heterocycles. The third-order valence-electron chi connectivity index (χ3n) is 1.98. The highest BCUT2D eigenvalue weighted by molar-refractivity contribution is 9.10. The molecule has 3 nitrogen and oxygen atoms in total. The minimum Gasteiger partial charge on any atom is -0.385 e. The van der Waals surface area contributed by atoms with Gasteiger partial charge >= 0.3 is 0 Å². The van der Waals surface area contributed by atoms with Crippen LogP contribution in [-0.4, -0.2) is 26.2 Å².